The molecule has 3 aliphatic rings. The van der Waals surface area contributed by atoms with E-state index >= 15 is 0 Å². The van der Waals surface area contributed by atoms with Gasteiger partial charge in [-0.2, -0.15) is 0 Å². The molecular formula is C27H34FN3O3. The molecule has 5 rings (SSSR count). The van der Waals surface area contributed by atoms with E-state index in [9.17, 15) is 9.18 Å². The van der Waals surface area contributed by atoms with Crippen LogP contribution in [0.25, 0.3) is 0 Å². The van der Waals surface area contributed by atoms with Gasteiger partial charge in [0.2, 0.25) is 0 Å². The van der Waals surface area contributed by atoms with Gasteiger partial charge in [-0.15, -0.1) is 0 Å². The van der Waals surface area contributed by atoms with Crippen LogP contribution in [0.1, 0.15) is 50.5 Å². The first-order valence-electron chi connectivity index (χ1n) is 12.3. The Kier molecular flexibility index (Phi) is 6.38. The topological polar surface area (TPSA) is 62.8 Å². The normalized spacial score (nSPS) is 26.9. The summed E-state index contributed by atoms with van der Waals surface area (Å²) in [6.45, 7) is 1.09. The van der Waals surface area contributed by atoms with Gasteiger partial charge >= 0.3 is 6.03 Å². The number of rotatable bonds is 6. The van der Waals surface area contributed by atoms with Crippen molar-refractivity contribution in [3.63, 3.8) is 0 Å². The molecule has 2 aromatic carbocycles. The Morgan fingerprint density at radius 2 is 1.88 bits per heavy atom. The van der Waals surface area contributed by atoms with Crippen molar-refractivity contribution in [3.8, 4) is 11.5 Å². The van der Waals surface area contributed by atoms with Crippen LogP contribution >= 0.6 is 0 Å². The van der Waals surface area contributed by atoms with Crippen molar-refractivity contribution in [3.05, 3.63) is 53.8 Å². The third-order valence-corrected chi connectivity index (χ3v) is 8.22. The minimum Gasteiger partial charge on any atom is -0.493 e. The van der Waals surface area contributed by atoms with Crippen LogP contribution in [-0.4, -0.2) is 49.8 Å². The first-order chi connectivity index (χ1) is 16.5. The van der Waals surface area contributed by atoms with E-state index < -0.39 is 0 Å². The van der Waals surface area contributed by atoms with Crippen LogP contribution < -0.4 is 20.1 Å². The van der Waals surface area contributed by atoms with Gasteiger partial charge in [-0.05, 0) is 81.0 Å². The molecule has 7 heteroatoms. The Balaban J connectivity index is 1.36. The van der Waals surface area contributed by atoms with E-state index in [0.29, 0.717) is 17.8 Å². The lowest BCUT2D eigenvalue weighted by Gasteiger charge is -2.48. The van der Waals surface area contributed by atoms with Crippen molar-refractivity contribution in [2.75, 3.05) is 26.1 Å². The zero-order chi connectivity index (χ0) is 23.7. The summed E-state index contributed by atoms with van der Waals surface area (Å²) in [5.74, 6) is 1.15. The summed E-state index contributed by atoms with van der Waals surface area (Å²) >= 11 is 0. The van der Waals surface area contributed by atoms with Gasteiger partial charge in [0.25, 0.3) is 0 Å². The van der Waals surface area contributed by atoms with Gasteiger partial charge in [0, 0.05) is 29.2 Å². The number of likely N-dealkylation sites (tertiary alicyclic amines) is 1. The van der Waals surface area contributed by atoms with Crippen LogP contribution in [0.15, 0.2) is 42.5 Å². The minimum atomic E-state index is -0.364. The number of nitrogens with zero attached hydrogens (tertiary/aromatic N) is 1. The first-order valence-corrected chi connectivity index (χ1v) is 12.3. The number of amides is 2. The van der Waals surface area contributed by atoms with Gasteiger partial charge < -0.3 is 20.1 Å². The second-order valence-corrected chi connectivity index (χ2v) is 9.89. The van der Waals surface area contributed by atoms with Crippen LogP contribution in [0.5, 0.6) is 11.5 Å². The number of benzene rings is 2. The third kappa shape index (κ3) is 4.22. The SMILES string of the molecule is COc1ccc([C@@]23CC[C@@H](NC(=O)Nc4cccc(F)c4)C[C@@H]2N(C2CCC2)CC3)cc1OC. The molecule has 1 saturated heterocycles. The van der Waals surface area contributed by atoms with Gasteiger partial charge in [-0.25, -0.2) is 9.18 Å². The highest BCUT2D eigenvalue weighted by Crippen LogP contribution is 2.52. The Morgan fingerprint density at radius 1 is 1.06 bits per heavy atom. The second-order valence-electron chi connectivity index (χ2n) is 9.89. The van der Waals surface area contributed by atoms with Crippen molar-refractivity contribution in [1.29, 1.82) is 0 Å². The molecule has 6 nitrogen and oxygen atoms in total. The number of halogens is 1. The van der Waals surface area contributed by atoms with Crippen molar-refractivity contribution < 1.29 is 18.7 Å². The van der Waals surface area contributed by atoms with Crippen molar-refractivity contribution in [1.82, 2.24) is 10.2 Å². The van der Waals surface area contributed by atoms with Crippen molar-refractivity contribution in [2.45, 2.75) is 68.5 Å². The number of hydrogen-bond donors (Lipinski definition) is 2. The molecule has 3 atom stereocenters. The average Bonchev–Trinajstić information content (AvgIpc) is 3.17. The molecule has 2 saturated carbocycles. The number of anilines is 1. The molecule has 0 unspecified atom stereocenters. The highest BCUT2D eigenvalue weighted by atomic mass is 19.1. The molecule has 0 radical (unpaired) electrons. The maximum Gasteiger partial charge on any atom is 0.319 e. The zero-order valence-electron chi connectivity index (χ0n) is 20.0. The molecule has 3 fully saturated rings. The maximum absolute atomic E-state index is 13.5. The second kappa shape index (κ2) is 9.45. The van der Waals surface area contributed by atoms with E-state index in [0.717, 1.165) is 43.7 Å². The lowest BCUT2D eigenvalue weighted by molar-refractivity contribution is 0.0646. The van der Waals surface area contributed by atoms with Crippen molar-refractivity contribution in [2.24, 2.45) is 0 Å². The molecule has 0 aromatic heterocycles. The van der Waals surface area contributed by atoms with Gasteiger partial charge in [0.15, 0.2) is 11.5 Å². The van der Waals surface area contributed by atoms with E-state index in [1.165, 1.54) is 37.0 Å². The predicted octanol–water partition coefficient (Wildman–Crippen LogP) is 5.08. The molecule has 0 spiro atoms. The van der Waals surface area contributed by atoms with Crippen LogP contribution in [0.2, 0.25) is 0 Å². The monoisotopic (exact) mass is 467 g/mol. The van der Waals surface area contributed by atoms with Gasteiger partial charge in [-0.3, -0.25) is 4.90 Å². The van der Waals surface area contributed by atoms with Gasteiger partial charge in [-0.1, -0.05) is 18.6 Å². The number of methoxy groups -OCH3 is 2. The largest absolute Gasteiger partial charge is 0.493 e. The van der Waals surface area contributed by atoms with Crippen LogP contribution in [0.3, 0.4) is 0 Å². The average molecular weight is 468 g/mol. The number of nitrogens with one attached hydrogen (secondary N) is 2. The lowest BCUT2D eigenvalue weighted by Crippen LogP contribution is -2.55. The summed E-state index contributed by atoms with van der Waals surface area (Å²) in [6, 6.07) is 13.2. The summed E-state index contributed by atoms with van der Waals surface area (Å²) in [7, 11) is 3.35. The fourth-order valence-electron chi connectivity index (χ4n) is 6.27. The van der Waals surface area contributed by atoms with Crippen LogP contribution in [0, 0.1) is 5.82 Å². The zero-order valence-corrected chi connectivity index (χ0v) is 20.0. The molecule has 1 heterocycles. The van der Waals surface area contributed by atoms with Gasteiger partial charge in [0.05, 0.1) is 14.2 Å². The van der Waals surface area contributed by atoms with E-state index in [1.807, 2.05) is 6.07 Å². The molecule has 0 bridgehead atoms. The Hall–Kier alpha value is -2.80. The highest BCUT2D eigenvalue weighted by Gasteiger charge is 2.53. The number of fused-ring (bicyclic) bond motifs is 1. The molecule has 2 N–H and O–H groups in total. The molecule has 2 aliphatic carbocycles. The standard InChI is InChI=1S/C27H34FN3O3/c1-33-23-10-9-18(15-24(23)34-2)27-12-11-21(17-25(27)31(14-13-27)22-7-4-8-22)30-26(32)29-20-6-3-5-19(28)16-20/h3,5-6,9-10,15-16,21-22,25H,4,7-8,11-14,17H2,1-2H3,(H2,29,30,32)/t21-,25+,27+/m1/s1. The molecule has 182 valence electrons. The third-order valence-electron chi connectivity index (χ3n) is 8.22. The summed E-state index contributed by atoms with van der Waals surface area (Å²) in [6.07, 6.45) is 7.75. The molecule has 2 aromatic rings. The molecule has 1 aliphatic heterocycles. The quantitative estimate of drug-likeness (QED) is 0.622. The number of urea groups is 1. The lowest BCUT2D eigenvalue weighted by atomic mass is 9.64. The number of hydrogen-bond acceptors (Lipinski definition) is 4. The Labute approximate surface area is 200 Å². The van der Waals surface area contributed by atoms with E-state index in [4.69, 9.17) is 9.47 Å². The van der Waals surface area contributed by atoms with E-state index in [2.05, 4.69) is 27.7 Å². The highest BCUT2D eigenvalue weighted by molar-refractivity contribution is 5.89. The van der Waals surface area contributed by atoms with Crippen LogP contribution in [-0.2, 0) is 5.41 Å². The maximum atomic E-state index is 13.5. The summed E-state index contributed by atoms with van der Waals surface area (Å²) in [4.78, 5) is 15.4. The molecule has 34 heavy (non-hydrogen) atoms. The predicted molar refractivity (Wildman–Crippen MR) is 130 cm³/mol. The van der Waals surface area contributed by atoms with E-state index in [1.54, 1.807) is 26.4 Å². The Morgan fingerprint density at radius 3 is 2.59 bits per heavy atom. The summed E-state index contributed by atoms with van der Waals surface area (Å²) in [5, 5.41) is 5.94. The summed E-state index contributed by atoms with van der Waals surface area (Å²) in [5.41, 5.74) is 1.82. The minimum absolute atomic E-state index is 0.0480. The first kappa shape index (κ1) is 23.0. The van der Waals surface area contributed by atoms with E-state index in [-0.39, 0.29) is 23.3 Å². The fourth-order valence-corrected chi connectivity index (χ4v) is 6.27. The van der Waals surface area contributed by atoms with Crippen molar-refractivity contribution >= 4 is 11.7 Å². The Bertz CT molecular complexity index is 1040. The molecule has 2 amide bonds. The number of ether oxygens (including phenoxy) is 2. The fraction of sp³-hybridized carbons (Fsp3) is 0.519. The summed E-state index contributed by atoms with van der Waals surface area (Å²) < 4.78 is 24.6. The van der Waals surface area contributed by atoms with Gasteiger partial charge in [0.1, 0.15) is 5.82 Å². The number of carbonyl (C=O) groups excluding carboxylic acids is 1. The van der Waals surface area contributed by atoms with Crippen LogP contribution in [0.4, 0.5) is 14.9 Å². The smallest absolute Gasteiger partial charge is 0.319 e. The molecular weight excluding hydrogens is 433 g/mol. The number of carbonyl (C=O) groups is 1.